The Morgan fingerprint density at radius 1 is 1.04 bits per heavy atom. The molecule has 1 aliphatic heterocycles. The molecule has 148 valence electrons. The molecule has 0 amide bonds. The molecule has 0 bridgehead atoms. The Hall–Kier alpha value is -2.90. The number of hydrogen-bond acceptors (Lipinski definition) is 3. The van der Waals surface area contributed by atoms with Crippen molar-refractivity contribution in [1.29, 1.82) is 0 Å². The van der Waals surface area contributed by atoms with Crippen molar-refractivity contribution in [3.05, 3.63) is 77.1 Å². The predicted octanol–water partition coefficient (Wildman–Crippen LogP) is 5.11. The van der Waals surface area contributed by atoms with E-state index in [0.29, 0.717) is 23.5 Å². The smallest absolute Gasteiger partial charge is 0.381 e. The number of halogens is 5. The van der Waals surface area contributed by atoms with Crippen LogP contribution in [0.15, 0.2) is 59.4 Å². The minimum Gasteiger partial charge on any atom is -0.381 e. The van der Waals surface area contributed by atoms with E-state index in [9.17, 15) is 22.0 Å². The van der Waals surface area contributed by atoms with Crippen molar-refractivity contribution in [3.63, 3.8) is 0 Å². The van der Waals surface area contributed by atoms with Gasteiger partial charge in [0.15, 0.2) is 5.70 Å². The van der Waals surface area contributed by atoms with E-state index >= 15 is 0 Å². The number of alkyl halides is 3. The molecule has 0 unspecified atom stereocenters. The highest BCUT2D eigenvalue weighted by molar-refractivity contribution is 6.03. The lowest BCUT2D eigenvalue weighted by Crippen LogP contribution is -2.31. The number of nitrogens with zero attached hydrogens (tertiary/aromatic N) is 2. The summed E-state index contributed by atoms with van der Waals surface area (Å²) in [6.07, 6.45) is -3.51. The van der Waals surface area contributed by atoms with Crippen molar-refractivity contribution in [2.24, 2.45) is 4.99 Å². The van der Waals surface area contributed by atoms with Gasteiger partial charge in [0.2, 0.25) is 0 Å². The molecule has 1 N–H and O–H groups in total. The summed E-state index contributed by atoms with van der Waals surface area (Å²) >= 11 is 0. The maximum atomic E-state index is 13.7. The molecule has 0 aromatic heterocycles. The first-order valence-corrected chi connectivity index (χ1v) is 8.65. The largest absolute Gasteiger partial charge is 0.434 e. The van der Waals surface area contributed by atoms with Gasteiger partial charge in [0.05, 0.1) is 12.3 Å². The molecule has 2 aromatic carbocycles. The van der Waals surface area contributed by atoms with Gasteiger partial charge < -0.3 is 10.2 Å². The Kier molecular flexibility index (Phi) is 5.67. The minimum atomic E-state index is -4.52. The van der Waals surface area contributed by atoms with Crippen LogP contribution < -0.4 is 5.32 Å². The van der Waals surface area contributed by atoms with Gasteiger partial charge in [-0.05, 0) is 36.8 Å². The number of likely N-dealkylation sites (N-methyl/N-ethyl adjacent to an activating group) is 1. The monoisotopic (exact) mass is 395 g/mol. The van der Waals surface area contributed by atoms with Gasteiger partial charge in [-0.1, -0.05) is 18.2 Å². The van der Waals surface area contributed by atoms with Gasteiger partial charge in [-0.25, -0.2) is 13.8 Å². The Labute approximate surface area is 159 Å². The summed E-state index contributed by atoms with van der Waals surface area (Å²) in [7, 11) is 0. The number of nitrogens with one attached hydrogen (secondary N) is 1. The lowest BCUT2D eigenvalue weighted by atomic mass is 10.1. The number of hydrogen-bond donors (Lipinski definition) is 1. The summed E-state index contributed by atoms with van der Waals surface area (Å²) in [6.45, 7) is 2.40. The second-order valence-corrected chi connectivity index (χ2v) is 6.26. The first-order valence-electron chi connectivity index (χ1n) is 8.65. The van der Waals surface area contributed by atoms with Crippen LogP contribution in [0, 0.1) is 11.6 Å². The third-order valence-electron chi connectivity index (χ3n) is 4.36. The highest BCUT2D eigenvalue weighted by Crippen LogP contribution is 2.30. The van der Waals surface area contributed by atoms with Crippen LogP contribution in [-0.2, 0) is 6.54 Å². The van der Waals surface area contributed by atoms with E-state index < -0.39 is 23.5 Å². The number of benzene rings is 2. The fraction of sp³-hybridized carbons (Fsp3) is 0.250. The van der Waals surface area contributed by atoms with Crippen molar-refractivity contribution in [1.82, 2.24) is 4.90 Å². The maximum Gasteiger partial charge on any atom is 0.434 e. The van der Waals surface area contributed by atoms with E-state index in [1.165, 1.54) is 23.1 Å². The quantitative estimate of drug-likeness (QED) is 0.713. The summed E-state index contributed by atoms with van der Waals surface area (Å²) in [6, 6.07) is 10.2. The molecule has 8 heteroatoms. The third-order valence-corrected chi connectivity index (χ3v) is 4.36. The summed E-state index contributed by atoms with van der Waals surface area (Å²) < 4.78 is 66.5. The second kappa shape index (κ2) is 8.00. The van der Waals surface area contributed by atoms with Crippen LogP contribution in [0.5, 0.6) is 0 Å². The molecule has 28 heavy (non-hydrogen) atoms. The highest BCUT2D eigenvalue weighted by atomic mass is 19.4. The van der Waals surface area contributed by atoms with Gasteiger partial charge in [-0.3, -0.25) is 0 Å². The van der Waals surface area contributed by atoms with E-state index in [-0.39, 0.29) is 18.7 Å². The van der Waals surface area contributed by atoms with E-state index in [0.717, 1.165) is 6.20 Å². The molecule has 0 atom stereocenters. The van der Waals surface area contributed by atoms with Gasteiger partial charge in [0.1, 0.15) is 11.6 Å². The van der Waals surface area contributed by atoms with Crippen LogP contribution in [0.1, 0.15) is 18.1 Å². The van der Waals surface area contributed by atoms with E-state index in [4.69, 9.17) is 0 Å². The summed E-state index contributed by atoms with van der Waals surface area (Å²) in [5.41, 5.74) is 0.427. The van der Waals surface area contributed by atoms with Crippen molar-refractivity contribution in [2.75, 3.05) is 18.4 Å². The van der Waals surface area contributed by atoms with Crippen LogP contribution >= 0.6 is 0 Å². The fourth-order valence-corrected chi connectivity index (χ4v) is 2.79. The molecular formula is C20H18F5N3. The first-order chi connectivity index (χ1) is 13.3. The van der Waals surface area contributed by atoms with Crippen molar-refractivity contribution < 1.29 is 22.0 Å². The normalized spacial score (nSPS) is 14.6. The summed E-state index contributed by atoms with van der Waals surface area (Å²) in [5.74, 6) is -1.29. The Morgan fingerprint density at radius 2 is 1.68 bits per heavy atom. The van der Waals surface area contributed by atoms with E-state index in [1.807, 2.05) is 0 Å². The molecule has 0 saturated carbocycles. The molecule has 2 aromatic rings. The second-order valence-electron chi connectivity index (χ2n) is 6.26. The lowest BCUT2D eigenvalue weighted by molar-refractivity contribution is -0.0937. The molecule has 3 rings (SSSR count). The lowest BCUT2D eigenvalue weighted by Gasteiger charge is -2.26. The number of anilines is 1. The topological polar surface area (TPSA) is 27.6 Å². The number of rotatable bonds is 5. The Bertz CT molecular complexity index is 881. The van der Waals surface area contributed by atoms with Crippen LogP contribution in [0.25, 0.3) is 0 Å². The summed E-state index contributed by atoms with van der Waals surface area (Å²) in [5, 5.41) is 2.90. The maximum absolute atomic E-state index is 13.7. The van der Waals surface area contributed by atoms with Crippen LogP contribution in [-0.4, -0.2) is 29.9 Å². The molecular weight excluding hydrogens is 377 g/mol. The molecule has 0 aliphatic carbocycles. The SMILES string of the molecule is CCN1C=C(C(F)(F)F)N=C(c2ccc(NCc3c(F)cccc3F)cc2)C1. The molecule has 1 aliphatic rings. The molecule has 0 spiro atoms. The van der Waals surface area contributed by atoms with Crippen molar-refractivity contribution in [3.8, 4) is 0 Å². The van der Waals surface area contributed by atoms with Crippen LogP contribution in [0.3, 0.4) is 0 Å². The van der Waals surface area contributed by atoms with E-state index in [2.05, 4.69) is 10.3 Å². The molecule has 3 nitrogen and oxygen atoms in total. The Balaban J connectivity index is 1.75. The molecule has 1 heterocycles. The first kappa shape index (κ1) is 19.9. The van der Waals surface area contributed by atoms with E-state index in [1.54, 1.807) is 31.2 Å². The zero-order valence-corrected chi connectivity index (χ0v) is 15.0. The zero-order valence-electron chi connectivity index (χ0n) is 15.0. The van der Waals surface area contributed by atoms with Crippen LogP contribution in [0.2, 0.25) is 0 Å². The highest BCUT2D eigenvalue weighted by Gasteiger charge is 2.36. The fourth-order valence-electron chi connectivity index (χ4n) is 2.79. The number of aliphatic imine (C=N–C) groups is 1. The third kappa shape index (κ3) is 4.49. The standard InChI is InChI=1S/C20H18F5N3/c1-2-28-11-18(27-19(12-28)20(23,24)25)13-6-8-14(9-7-13)26-10-15-16(21)4-3-5-17(15)22/h3-9,12,26H,2,10-11H2,1H3. The summed E-state index contributed by atoms with van der Waals surface area (Å²) in [4.78, 5) is 5.30. The van der Waals surface area contributed by atoms with Gasteiger partial charge >= 0.3 is 6.18 Å². The molecule has 0 radical (unpaired) electrons. The predicted molar refractivity (Wildman–Crippen MR) is 98.0 cm³/mol. The van der Waals surface area contributed by atoms with Gasteiger partial charge in [-0.15, -0.1) is 0 Å². The Morgan fingerprint density at radius 3 is 2.25 bits per heavy atom. The zero-order chi connectivity index (χ0) is 20.3. The average molecular weight is 395 g/mol. The molecule has 0 fully saturated rings. The average Bonchev–Trinajstić information content (AvgIpc) is 2.67. The van der Waals surface area contributed by atoms with Crippen LogP contribution in [0.4, 0.5) is 27.6 Å². The van der Waals surface area contributed by atoms with Crippen molar-refractivity contribution >= 4 is 11.4 Å². The molecule has 0 saturated heterocycles. The number of allylic oxidation sites excluding steroid dienone is 1. The van der Waals surface area contributed by atoms with Crippen molar-refractivity contribution in [2.45, 2.75) is 19.6 Å². The van der Waals surface area contributed by atoms with Gasteiger partial charge in [0, 0.05) is 30.5 Å². The van der Waals surface area contributed by atoms with Gasteiger partial charge in [-0.2, -0.15) is 13.2 Å². The van der Waals surface area contributed by atoms with Gasteiger partial charge in [0.25, 0.3) is 0 Å². The minimum absolute atomic E-state index is 0.0522.